The molecular formula is C36H64GdN8O16+3. The first kappa shape index (κ1) is 57.8. The largest absolute Gasteiger partial charge is 3.00 e. The number of rotatable bonds is 28. The van der Waals surface area contributed by atoms with Crippen LogP contribution in [0.4, 0.5) is 0 Å². The number of aliphatic carboxylic acids is 4. The Morgan fingerprint density at radius 2 is 0.525 bits per heavy atom. The maximum Gasteiger partial charge on any atom is 3.00 e. The number of carboxylic acid groups (broad SMARTS) is 4. The second-order valence-corrected chi connectivity index (χ2v) is 14.0. The fraction of sp³-hybridized carbons (Fsp3) is 0.778. The van der Waals surface area contributed by atoms with E-state index in [-0.39, 0.29) is 196 Å². The van der Waals surface area contributed by atoms with Crippen LogP contribution in [0.5, 0.6) is 0 Å². The van der Waals surface area contributed by atoms with Gasteiger partial charge in [0.1, 0.15) is 24.2 Å². The van der Waals surface area contributed by atoms with Crippen LogP contribution in [0.25, 0.3) is 0 Å². The van der Waals surface area contributed by atoms with Crippen LogP contribution in [0.3, 0.4) is 0 Å². The fourth-order valence-corrected chi connectivity index (χ4v) is 6.78. The molecule has 1 rings (SSSR count). The molecule has 4 amide bonds. The standard InChI is InChI=1S/C36H64N8O16.Gd/c45-21-9-37-29(49)5-1-25(33(53)54)41-13-15-42(26(34(55)56)2-6-30(50)38-10-22-46)17-19-44(28(36(59)60)4-8-32(52)40-12-24-48)20-18-43(16-14-41)27(35(57)58)3-7-31(51)39-11-23-47;/h25-28,45-48H,1-24H2,(H,37,49)(H,38,50)(H,39,51)(H,40,52)(H,53,54)(H,55,56)(H,57,58)(H,59,60);/q;+3. The van der Waals surface area contributed by atoms with E-state index in [2.05, 4.69) is 21.3 Å². The number of nitrogens with zero attached hydrogens (tertiary/aromatic N) is 4. The molecule has 4 unspecified atom stereocenters. The Morgan fingerprint density at radius 3 is 0.656 bits per heavy atom. The predicted molar refractivity (Wildman–Crippen MR) is 209 cm³/mol. The number of amides is 4. The molecule has 4 atom stereocenters. The number of nitrogens with one attached hydrogen (secondary N) is 4. The van der Waals surface area contributed by atoms with Crippen molar-refractivity contribution < 1.29 is 119 Å². The average Bonchev–Trinajstić information content (AvgIpc) is 3.19. The maximum atomic E-state index is 12.8. The summed E-state index contributed by atoms with van der Waals surface area (Å²) in [5.41, 5.74) is 0. The summed E-state index contributed by atoms with van der Waals surface area (Å²) in [5, 5.41) is 87.7. The molecule has 0 aromatic heterocycles. The molecule has 0 aliphatic carbocycles. The Hall–Kier alpha value is -3.24. The van der Waals surface area contributed by atoms with Gasteiger partial charge in [0.15, 0.2) is 0 Å². The molecule has 1 fully saturated rings. The zero-order valence-corrected chi connectivity index (χ0v) is 36.5. The summed E-state index contributed by atoms with van der Waals surface area (Å²) in [4.78, 5) is 107. The van der Waals surface area contributed by atoms with E-state index in [0.717, 1.165) is 0 Å². The molecule has 1 radical (unpaired) electrons. The van der Waals surface area contributed by atoms with Gasteiger partial charge in [-0.05, 0) is 25.7 Å². The molecule has 12 N–H and O–H groups in total. The van der Waals surface area contributed by atoms with Gasteiger partial charge in [-0.25, -0.2) is 0 Å². The van der Waals surface area contributed by atoms with Crippen molar-refractivity contribution in [1.82, 2.24) is 40.9 Å². The average molecular weight is 1020 g/mol. The van der Waals surface area contributed by atoms with Crippen LogP contribution >= 0.6 is 0 Å². The first-order chi connectivity index (χ1) is 28.6. The summed E-state index contributed by atoms with van der Waals surface area (Å²) in [6.45, 7) is -2.89. The van der Waals surface area contributed by atoms with Crippen LogP contribution in [0.2, 0.25) is 0 Å². The zero-order chi connectivity index (χ0) is 45.0. The van der Waals surface area contributed by atoms with E-state index in [0.29, 0.717) is 0 Å². The van der Waals surface area contributed by atoms with Crippen molar-refractivity contribution in [2.24, 2.45) is 0 Å². The molecule has 24 nitrogen and oxygen atoms in total. The van der Waals surface area contributed by atoms with Gasteiger partial charge in [-0.1, -0.05) is 0 Å². The van der Waals surface area contributed by atoms with Gasteiger partial charge in [0, 0.05) is 104 Å². The van der Waals surface area contributed by atoms with Crippen LogP contribution in [-0.2, 0) is 38.4 Å². The van der Waals surface area contributed by atoms with Gasteiger partial charge >= 0.3 is 63.8 Å². The molecule has 0 aromatic carbocycles. The Bertz CT molecular complexity index is 1170. The molecule has 0 spiro atoms. The summed E-state index contributed by atoms with van der Waals surface area (Å²) in [6, 6.07) is -5.38. The maximum absolute atomic E-state index is 12.8. The quantitative estimate of drug-likeness (QED) is 0.0348. The van der Waals surface area contributed by atoms with E-state index >= 15 is 0 Å². The van der Waals surface area contributed by atoms with Gasteiger partial charge < -0.3 is 62.1 Å². The minimum Gasteiger partial charge on any atom is -0.480 e. The SMILES string of the molecule is O=C(CCC(C(=O)O)N1CCN(C(CCC(=O)NCCO)C(=O)O)CCN(C(CCC(=O)NCCO)C(=O)O)CCN(C(CCC(=O)NCCO)C(=O)O)CC1)NCCO.[Gd+3]. The molecule has 1 aliphatic rings. The van der Waals surface area contributed by atoms with E-state index < -0.39 is 71.7 Å². The number of hydrogen-bond donors (Lipinski definition) is 12. The smallest absolute Gasteiger partial charge is 0.480 e. The van der Waals surface area contributed by atoms with Crippen LogP contribution in [-0.4, -0.2) is 237 Å². The number of hydrogen-bond acceptors (Lipinski definition) is 16. The molecule has 1 aliphatic heterocycles. The molecule has 0 saturated carbocycles. The normalized spacial score (nSPS) is 16.9. The third-order valence-corrected chi connectivity index (χ3v) is 9.92. The minimum absolute atomic E-state index is 0. The molecule has 349 valence electrons. The van der Waals surface area contributed by atoms with E-state index in [9.17, 15) is 58.8 Å². The Morgan fingerprint density at radius 1 is 0.361 bits per heavy atom. The number of carbonyl (C=O) groups is 8. The Kier molecular flexibility index (Phi) is 31.6. The second-order valence-electron chi connectivity index (χ2n) is 14.0. The summed E-state index contributed by atoms with van der Waals surface area (Å²) in [7, 11) is 0. The first-order valence-electron chi connectivity index (χ1n) is 20.0. The van der Waals surface area contributed by atoms with E-state index in [1.165, 1.54) is 19.6 Å². The van der Waals surface area contributed by atoms with E-state index in [1.807, 2.05) is 0 Å². The van der Waals surface area contributed by atoms with Crippen molar-refractivity contribution in [3.63, 3.8) is 0 Å². The van der Waals surface area contributed by atoms with Gasteiger partial charge in [-0.2, -0.15) is 0 Å². The van der Waals surface area contributed by atoms with E-state index in [1.54, 1.807) is 0 Å². The van der Waals surface area contributed by atoms with Crippen LogP contribution in [0.15, 0.2) is 0 Å². The van der Waals surface area contributed by atoms with Gasteiger partial charge in [0.2, 0.25) is 23.6 Å². The number of carbonyl (C=O) groups excluding carboxylic acids is 4. The summed E-state index contributed by atoms with van der Waals surface area (Å²) in [6.07, 6.45) is -2.00. The molecule has 0 bridgehead atoms. The van der Waals surface area contributed by atoms with Crippen molar-refractivity contribution >= 4 is 47.5 Å². The summed E-state index contributed by atoms with van der Waals surface area (Å²) < 4.78 is 0. The second kappa shape index (κ2) is 33.3. The summed E-state index contributed by atoms with van der Waals surface area (Å²) >= 11 is 0. The van der Waals surface area contributed by atoms with Gasteiger partial charge in [-0.15, -0.1) is 0 Å². The number of aliphatic hydroxyl groups is 4. The van der Waals surface area contributed by atoms with Crippen molar-refractivity contribution in [1.29, 1.82) is 0 Å². The van der Waals surface area contributed by atoms with Crippen molar-refractivity contribution in [2.75, 3.05) is 105 Å². The monoisotopic (exact) mass is 1020 g/mol. The Balaban J connectivity index is 0.0000360. The molecular weight excluding hydrogens is 958 g/mol. The number of aliphatic hydroxyl groups excluding tert-OH is 4. The predicted octanol–water partition coefficient (Wildman–Crippen LogP) is -5.42. The Labute approximate surface area is 386 Å². The molecule has 0 aromatic rings. The fourth-order valence-electron chi connectivity index (χ4n) is 6.78. The molecule has 25 heteroatoms. The van der Waals surface area contributed by atoms with Gasteiger partial charge in [0.05, 0.1) is 26.4 Å². The molecule has 1 heterocycles. The topological polar surface area (TPSA) is 359 Å². The molecule has 61 heavy (non-hydrogen) atoms. The molecule has 1 saturated heterocycles. The van der Waals surface area contributed by atoms with Crippen LogP contribution in [0.1, 0.15) is 51.4 Å². The minimum atomic E-state index is -1.35. The van der Waals surface area contributed by atoms with Crippen molar-refractivity contribution in [3.05, 3.63) is 0 Å². The van der Waals surface area contributed by atoms with Gasteiger partial charge in [0.25, 0.3) is 0 Å². The third-order valence-electron chi connectivity index (χ3n) is 9.92. The summed E-state index contributed by atoms with van der Waals surface area (Å²) in [5.74, 6) is -7.49. The first-order valence-corrected chi connectivity index (χ1v) is 20.0. The van der Waals surface area contributed by atoms with Crippen LogP contribution < -0.4 is 21.3 Å². The van der Waals surface area contributed by atoms with Crippen molar-refractivity contribution in [3.8, 4) is 0 Å². The third kappa shape index (κ3) is 23.7. The van der Waals surface area contributed by atoms with E-state index in [4.69, 9.17) is 20.4 Å². The van der Waals surface area contributed by atoms with Crippen molar-refractivity contribution in [2.45, 2.75) is 75.5 Å². The van der Waals surface area contributed by atoms with Crippen LogP contribution in [0, 0.1) is 39.9 Å². The number of carboxylic acids is 4. The van der Waals surface area contributed by atoms with Gasteiger partial charge in [-0.3, -0.25) is 58.0 Å². The zero-order valence-electron chi connectivity index (χ0n) is 34.3.